The number of ether oxygens (including phenoxy) is 2. The Balaban J connectivity index is 1.61. The molecule has 3 aromatic carbocycles. The monoisotopic (exact) mass is 362 g/mol. The molecule has 0 unspecified atom stereocenters. The fourth-order valence-corrected chi connectivity index (χ4v) is 2.70. The van der Waals surface area contributed by atoms with E-state index in [1.807, 2.05) is 72.8 Å². The standard InChI is InChI=1S/C22H22N2O3/c1-26-20-13-12-19(15-21(20)27-2)23-17-8-10-18(11-9-17)24-22(25)14-16-6-4-3-5-7-16/h3-13,15,23H,14H2,1-2H3,(H,24,25). The molecule has 0 aliphatic carbocycles. The molecule has 1 amide bonds. The third-order valence-corrected chi connectivity index (χ3v) is 4.05. The summed E-state index contributed by atoms with van der Waals surface area (Å²) in [4.78, 5) is 12.1. The van der Waals surface area contributed by atoms with E-state index in [0.29, 0.717) is 17.9 Å². The van der Waals surface area contributed by atoms with Crippen LogP contribution in [0.15, 0.2) is 72.8 Å². The van der Waals surface area contributed by atoms with E-state index in [1.165, 1.54) is 0 Å². The number of carbonyl (C=O) groups excluding carboxylic acids is 1. The number of amides is 1. The summed E-state index contributed by atoms with van der Waals surface area (Å²) < 4.78 is 10.6. The Morgan fingerprint density at radius 3 is 2.07 bits per heavy atom. The molecule has 0 fully saturated rings. The van der Waals surface area contributed by atoms with Crippen molar-refractivity contribution in [2.45, 2.75) is 6.42 Å². The van der Waals surface area contributed by atoms with Crippen molar-refractivity contribution in [2.24, 2.45) is 0 Å². The normalized spacial score (nSPS) is 10.1. The van der Waals surface area contributed by atoms with Gasteiger partial charge in [-0.05, 0) is 42.0 Å². The predicted molar refractivity (Wildman–Crippen MR) is 108 cm³/mol. The summed E-state index contributed by atoms with van der Waals surface area (Å²) in [6.07, 6.45) is 0.354. The maximum Gasteiger partial charge on any atom is 0.228 e. The number of hydrogen-bond acceptors (Lipinski definition) is 4. The number of rotatable bonds is 7. The highest BCUT2D eigenvalue weighted by molar-refractivity contribution is 5.92. The van der Waals surface area contributed by atoms with Crippen LogP contribution in [0.25, 0.3) is 0 Å². The van der Waals surface area contributed by atoms with Gasteiger partial charge in [0, 0.05) is 23.1 Å². The zero-order chi connectivity index (χ0) is 19.1. The zero-order valence-electron chi connectivity index (χ0n) is 15.4. The predicted octanol–water partition coefficient (Wildman–Crippen LogP) is 4.63. The fraction of sp³-hybridized carbons (Fsp3) is 0.136. The Kier molecular flexibility index (Phi) is 5.94. The lowest BCUT2D eigenvalue weighted by Gasteiger charge is -2.12. The molecule has 0 aromatic heterocycles. The Hall–Kier alpha value is -3.47. The van der Waals surface area contributed by atoms with Crippen LogP contribution in [0.3, 0.4) is 0 Å². The van der Waals surface area contributed by atoms with Crippen molar-refractivity contribution in [1.29, 1.82) is 0 Å². The highest BCUT2D eigenvalue weighted by Crippen LogP contribution is 2.31. The molecule has 0 spiro atoms. The lowest BCUT2D eigenvalue weighted by molar-refractivity contribution is -0.115. The van der Waals surface area contributed by atoms with Crippen molar-refractivity contribution in [2.75, 3.05) is 24.9 Å². The average molecular weight is 362 g/mol. The topological polar surface area (TPSA) is 59.6 Å². The maximum absolute atomic E-state index is 12.1. The molecule has 3 aromatic rings. The summed E-state index contributed by atoms with van der Waals surface area (Å²) in [7, 11) is 3.21. The lowest BCUT2D eigenvalue weighted by atomic mass is 10.1. The Labute approximate surface area is 158 Å². The molecule has 0 heterocycles. The number of carbonyl (C=O) groups is 1. The quantitative estimate of drug-likeness (QED) is 0.643. The molecular formula is C22H22N2O3. The molecule has 0 bridgehead atoms. The van der Waals surface area contributed by atoms with E-state index in [2.05, 4.69) is 10.6 Å². The van der Waals surface area contributed by atoms with E-state index in [1.54, 1.807) is 14.2 Å². The molecule has 0 saturated carbocycles. The van der Waals surface area contributed by atoms with Gasteiger partial charge in [-0.15, -0.1) is 0 Å². The third kappa shape index (κ3) is 5.01. The van der Waals surface area contributed by atoms with Gasteiger partial charge in [0.15, 0.2) is 11.5 Å². The molecular weight excluding hydrogens is 340 g/mol. The van der Waals surface area contributed by atoms with Crippen LogP contribution in [-0.2, 0) is 11.2 Å². The molecule has 0 radical (unpaired) electrons. The summed E-state index contributed by atoms with van der Waals surface area (Å²) in [5.41, 5.74) is 3.53. The molecule has 27 heavy (non-hydrogen) atoms. The molecule has 0 aliphatic rings. The van der Waals surface area contributed by atoms with Crippen LogP contribution in [0, 0.1) is 0 Å². The van der Waals surface area contributed by atoms with Gasteiger partial charge in [0.25, 0.3) is 0 Å². The fourth-order valence-electron chi connectivity index (χ4n) is 2.70. The van der Waals surface area contributed by atoms with Gasteiger partial charge < -0.3 is 20.1 Å². The molecule has 5 nitrogen and oxygen atoms in total. The average Bonchev–Trinajstić information content (AvgIpc) is 2.70. The summed E-state index contributed by atoms with van der Waals surface area (Å²) in [6.45, 7) is 0. The minimum atomic E-state index is -0.0400. The first-order valence-electron chi connectivity index (χ1n) is 8.61. The van der Waals surface area contributed by atoms with Gasteiger partial charge in [0.05, 0.1) is 20.6 Å². The molecule has 138 valence electrons. The number of benzene rings is 3. The summed E-state index contributed by atoms with van der Waals surface area (Å²) in [5.74, 6) is 1.30. The smallest absolute Gasteiger partial charge is 0.228 e. The highest BCUT2D eigenvalue weighted by Gasteiger charge is 2.06. The number of hydrogen-bond donors (Lipinski definition) is 2. The minimum Gasteiger partial charge on any atom is -0.493 e. The first kappa shape index (κ1) is 18.3. The largest absolute Gasteiger partial charge is 0.493 e. The van der Waals surface area contributed by atoms with Crippen LogP contribution in [-0.4, -0.2) is 20.1 Å². The van der Waals surface area contributed by atoms with Crippen LogP contribution in [0.1, 0.15) is 5.56 Å². The summed E-state index contributed by atoms with van der Waals surface area (Å²) in [6, 6.07) is 22.9. The number of nitrogens with one attached hydrogen (secondary N) is 2. The van der Waals surface area contributed by atoms with Crippen molar-refractivity contribution in [1.82, 2.24) is 0 Å². The lowest BCUT2D eigenvalue weighted by Crippen LogP contribution is -2.14. The third-order valence-electron chi connectivity index (χ3n) is 4.05. The molecule has 0 atom stereocenters. The summed E-state index contributed by atoms with van der Waals surface area (Å²) >= 11 is 0. The minimum absolute atomic E-state index is 0.0400. The second-order valence-corrected chi connectivity index (χ2v) is 5.98. The first-order chi connectivity index (χ1) is 13.2. The van der Waals surface area contributed by atoms with E-state index in [9.17, 15) is 4.79 Å². The molecule has 3 rings (SSSR count). The van der Waals surface area contributed by atoms with Gasteiger partial charge in [-0.3, -0.25) is 4.79 Å². The van der Waals surface area contributed by atoms with Crippen LogP contribution in [0.5, 0.6) is 11.5 Å². The SMILES string of the molecule is COc1ccc(Nc2ccc(NC(=O)Cc3ccccc3)cc2)cc1OC. The number of anilines is 3. The van der Waals surface area contributed by atoms with Crippen LogP contribution >= 0.6 is 0 Å². The molecule has 0 saturated heterocycles. The van der Waals surface area contributed by atoms with Crippen LogP contribution < -0.4 is 20.1 Å². The van der Waals surface area contributed by atoms with Gasteiger partial charge >= 0.3 is 0 Å². The molecule has 5 heteroatoms. The van der Waals surface area contributed by atoms with E-state index < -0.39 is 0 Å². The van der Waals surface area contributed by atoms with Crippen LogP contribution in [0.4, 0.5) is 17.1 Å². The van der Waals surface area contributed by atoms with Crippen molar-refractivity contribution in [3.05, 3.63) is 78.4 Å². The Morgan fingerprint density at radius 1 is 0.778 bits per heavy atom. The van der Waals surface area contributed by atoms with Gasteiger partial charge in [-0.1, -0.05) is 30.3 Å². The van der Waals surface area contributed by atoms with E-state index in [4.69, 9.17) is 9.47 Å². The molecule has 0 aliphatic heterocycles. The highest BCUT2D eigenvalue weighted by atomic mass is 16.5. The second kappa shape index (κ2) is 8.76. The van der Waals surface area contributed by atoms with Gasteiger partial charge in [-0.2, -0.15) is 0 Å². The van der Waals surface area contributed by atoms with E-state index in [0.717, 1.165) is 22.6 Å². The zero-order valence-corrected chi connectivity index (χ0v) is 15.4. The van der Waals surface area contributed by atoms with Crippen molar-refractivity contribution in [3.63, 3.8) is 0 Å². The van der Waals surface area contributed by atoms with Crippen LogP contribution in [0.2, 0.25) is 0 Å². The summed E-state index contributed by atoms with van der Waals surface area (Å²) in [5, 5.41) is 6.21. The first-order valence-corrected chi connectivity index (χ1v) is 8.61. The van der Waals surface area contributed by atoms with Crippen molar-refractivity contribution < 1.29 is 14.3 Å². The number of methoxy groups -OCH3 is 2. The molecule has 2 N–H and O–H groups in total. The van der Waals surface area contributed by atoms with Gasteiger partial charge in [0.2, 0.25) is 5.91 Å². The van der Waals surface area contributed by atoms with E-state index in [-0.39, 0.29) is 5.91 Å². The Morgan fingerprint density at radius 2 is 1.41 bits per heavy atom. The van der Waals surface area contributed by atoms with Crippen molar-refractivity contribution in [3.8, 4) is 11.5 Å². The van der Waals surface area contributed by atoms with E-state index >= 15 is 0 Å². The second-order valence-electron chi connectivity index (χ2n) is 5.98. The maximum atomic E-state index is 12.1. The van der Waals surface area contributed by atoms with Gasteiger partial charge in [0.1, 0.15) is 0 Å². The Bertz CT molecular complexity index is 893. The van der Waals surface area contributed by atoms with Gasteiger partial charge in [-0.25, -0.2) is 0 Å². The van der Waals surface area contributed by atoms with Crippen molar-refractivity contribution >= 4 is 23.0 Å².